The van der Waals surface area contributed by atoms with Gasteiger partial charge in [0.05, 0.1) is 19.8 Å². The van der Waals surface area contributed by atoms with Crippen molar-refractivity contribution in [2.45, 2.75) is 6.42 Å². The van der Waals surface area contributed by atoms with E-state index in [0.717, 1.165) is 5.56 Å². The van der Waals surface area contributed by atoms with E-state index in [9.17, 15) is 9.59 Å². The normalized spacial score (nSPS) is 10.2. The Hall–Kier alpha value is -3.54. The van der Waals surface area contributed by atoms with Gasteiger partial charge in [0.25, 0.3) is 5.91 Å². The second kappa shape index (κ2) is 8.02. The zero-order chi connectivity index (χ0) is 18.4. The number of hydrogen-bond acceptors (Lipinski definition) is 4. The van der Waals surface area contributed by atoms with Crippen LogP contribution in [0.4, 0.5) is 11.4 Å². The zero-order valence-corrected chi connectivity index (χ0v) is 14.2. The Labute approximate surface area is 150 Å². The maximum atomic E-state index is 12.2. The first-order chi connectivity index (χ1) is 12.6. The minimum absolute atomic E-state index is 0.159. The second-order valence-electron chi connectivity index (χ2n) is 5.59. The van der Waals surface area contributed by atoms with Gasteiger partial charge in [0.1, 0.15) is 5.75 Å². The number of furan rings is 1. The summed E-state index contributed by atoms with van der Waals surface area (Å²) in [5.41, 5.74) is 2.00. The summed E-state index contributed by atoms with van der Waals surface area (Å²) >= 11 is 0. The predicted octanol–water partition coefficient (Wildman–Crippen LogP) is 3.72. The summed E-state index contributed by atoms with van der Waals surface area (Å²) in [5, 5.41) is 5.54. The van der Waals surface area contributed by atoms with Crippen molar-refractivity contribution in [1.82, 2.24) is 0 Å². The highest BCUT2D eigenvalue weighted by molar-refractivity contribution is 6.02. The highest BCUT2D eigenvalue weighted by atomic mass is 16.5. The standard InChI is InChI=1S/C20H18N2O4/c1-25-17-8-2-5-14(11-17)12-19(23)21-15-6-3-7-16(13-15)22-20(24)18-9-4-10-26-18/h2-11,13H,12H2,1H3,(H,21,23)(H,22,24). The highest BCUT2D eigenvalue weighted by Gasteiger charge is 2.10. The van der Waals surface area contributed by atoms with E-state index in [1.807, 2.05) is 24.3 Å². The number of carbonyl (C=O) groups is 2. The molecule has 0 aliphatic heterocycles. The van der Waals surface area contributed by atoms with Crippen LogP contribution >= 0.6 is 0 Å². The van der Waals surface area contributed by atoms with Gasteiger partial charge >= 0.3 is 0 Å². The lowest BCUT2D eigenvalue weighted by Gasteiger charge is -2.09. The van der Waals surface area contributed by atoms with Crippen molar-refractivity contribution in [3.05, 3.63) is 78.3 Å². The Kier molecular flexibility index (Phi) is 5.34. The molecule has 1 aromatic heterocycles. The van der Waals surface area contributed by atoms with E-state index in [1.165, 1.54) is 6.26 Å². The average Bonchev–Trinajstić information content (AvgIpc) is 3.17. The number of benzene rings is 2. The molecule has 132 valence electrons. The lowest BCUT2D eigenvalue weighted by molar-refractivity contribution is -0.115. The molecule has 3 aromatic rings. The molecule has 0 fully saturated rings. The Morgan fingerprint density at radius 3 is 2.46 bits per heavy atom. The molecule has 0 saturated heterocycles. The number of amides is 2. The van der Waals surface area contributed by atoms with Gasteiger partial charge in [-0.15, -0.1) is 0 Å². The van der Waals surface area contributed by atoms with Crippen LogP contribution in [0.1, 0.15) is 16.1 Å². The Morgan fingerprint density at radius 2 is 1.73 bits per heavy atom. The van der Waals surface area contributed by atoms with Crippen LogP contribution in [-0.2, 0) is 11.2 Å². The molecule has 0 atom stereocenters. The molecule has 0 bridgehead atoms. The molecule has 2 amide bonds. The molecule has 0 spiro atoms. The number of methoxy groups -OCH3 is 1. The molecule has 26 heavy (non-hydrogen) atoms. The molecule has 2 aromatic carbocycles. The SMILES string of the molecule is COc1cccc(CC(=O)Nc2cccc(NC(=O)c3ccco3)c2)c1. The van der Waals surface area contributed by atoms with Crippen LogP contribution in [0.2, 0.25) is 0 Å². The van der Waals surface area contributed by atoms with Crippen LogP contribution in [0, 0.1) is 0 Å². The van der Waals surface area contributed by atoms with Crippen molar-refractivity contribution in [2.75, 3.05) is 17.7 Å². The van der Waals surface area contributed by atoms with Gasteiger partial charge < -0.3 is 19.8 Å². The van der Waals surface area contributed by atoms with Crippen molar-refractivity contribution < 1.29 is 18.7 Å². The van der Waals surface area contributed by atoms with Gasteiger partial charge in [0, 0.05) is 11.4 Å². The van der Waals surface area contributed by atoms with Crippen LogP contribution in [0.25, 0.3) is 0 Å². The van der Waals surface area contributed by atoms with Gasteiger partial charge in [0.15, 0.2) is 5.76 Å². The lowest BCUT2D eigenvalue weighted by atomic mass is 10.1. The van der Waals surface area contributed by atoms with Crippen LogP contribution in [0.3, 0.4) is 0 Å². The minimum atomic E-state index is -0.352. The molecule has 0 unspecified atom stereocenters. The second-order valence-corrected chi connectivity index (χ2v) is 5.59. The quantitative estimate of drug-likeness (QED) is 0.710. The number of hydrogen-bond donors (Lipinski definition) is 2. The van der Waals surface area contributed by atoms with Crippen LogP contribution in [-0.4, -0.2) is 18.9 Å². The maximum absolute atomic E-state index is 12.2. The summed E-state index contributed by atoms with van der Waals surface area (Å²) < 4.78 is 10.2. The van der Waals surface area contributed by atoms with Crippen molar-refractivity contribution in [3.8, 4) is 5.75 Å². The average molecular weight is 350 g/mol. The summed E-state index contributed by atoms with van der Waals surface area (Å²) in [6.45, 7) is 0. The summed E-state index contributed by atoms with van der Waals surface area (Å²) in [5.74, 6) is 0.415. The number of anilines is 2. The molecule has 0 saturated carbocycles. The van der Waals surface area contributed by atoms with Gasteiger partial charge in [-0.25, -0.2) is 0 Å². The van der Waals surface area contributed by atoms with Crippen LogP contribution < -0.4 is 15.4 Å². The van der Waals surface area contributed by atoms with Gasteiger partial charge in [-0.2, -0.15) is 0 Å². The Balaban J connectivity index is 1.62. The van der Waals surface area contributed by atoms with E-state index < -0.39 is 0 Å². The topological polar surface area (TPSA) is 80.6 Å². The van der Waals surface area contributed by atoms with Crippen LogP contribution in [0.15, 0.2) is 71.3 Å². The van der Waals surface area contributed by atoms with Crippen LogP contribution in [0.5, 0.6) is 5.75 Å². The molecule has 2 N–H and O–H groups in total. The van der Waals surface area contributed by atoms with E-state index in [1.54, 1.807) is 43.5 Å². The van der Waals surface area contributed by atoms with E-state index in [-0.39, 0.29) is 24.0 Å². The van der Waals surface area contributed by atoms with Crippen molar-refractivity contribution in [3.63, 3.8) is 0 Å². The Morgan fingerprint density at radius 1 is 0.962 bits per heavy atom. The molecule has 3 rings (SSSR count). The summed E-state index contributed by atoms with van der Waals surface area (Å²) in [7, 11) is 1.59. The highest BCUT2D eigenvalue weighted by Crippen LogP contribution is 2.18. The number of nitrogens with one attached hydrogen (secondary N) is 2. The third kappa shape index (κ3) is 4.51. The Bertz CT molecular complexity index is 904. The first-order valence-electron chi connectivity index (χ1n) is 8.02. The molecule has 0 aliphatic rings. The van der Waals surface area contributed by atoms with E-state index in [4.69, 9.17) is 9.15 Å². The maximum Gasteiger partial charge on any atom is 0.291 e. The molecule has 6 nitrogen and oxygen atoms in total. The molecule has 1 heterocycles. The van der Waals surface area contributed by atoms with Crippen molar-refractivity contribution >= 4 is 23.2 Å². The van der Waals surface area contributed by atoms with Crippen molar-refractivity contribution in [1.29, 1.82) is 0 Å². The van der Waals surface area contributed by atoms with E-state index in [2.05, 4.69) is 10.6 Å². The number of rotatable bonds is 6. The fourth-order valence-electron chi connectivity index (χ4n) is 2.45. The van der Waals surface area contributed by atoms with Gasteiger partial charge in [-0.05, 0) is 48.0 Å². The molecule has 0 radical (unpaired) electrons. The predicted molar refractivity (Wildman–Crippen MR) is 98.4 cm³/mol. The fraction of sp³-hybridized carbons (Fsp3) is 0.100. The first kappa shape index (κ1) is 17.3. The van der Waals surface area contributed by atoms with E-state index >= 15 is 0 Å². The first-order valence-corrected chi connectivity index (χ1v) is 8.02. The molecule has 0 aliphatic carbocycles. The summed E-state index contributed by atoms with van der Waals surface area (Å²) in [4.78, 5) is 24.3. The minimum Gasteiger partial charge on any atom is -0.497 e. The summed E-state index contributed by atoms with van der Waals surface area (Å²) in [6.07, 6.45) is 1.66. The fourth-order valence-corrected chi connectivity index (χ4v) is 2.45. The van der Waals surface area contributed by atoms with E-state index in [0.29, 0.717) is 17.1 Å². The zero-order valence-electron chi connectivity index (χ0n) is 14.2. The van der Waals surface area contributed by atoms with Gasteiger partial charge in [0.2, 0.25) is 5.91 Å². The lowest BCUT2D eigenvalue weighted by Crippen LogP contribution is -2.15. The monoisotopic (exact) mass is 350 g/mol. The number of ether oxygens (including phenoxy) is 1. The molecule has 6 heteroatoms. The van der Waals surface area contributed by atoms with Crippen molar-refractivity contribution in [2.24, 2.45) is 0 Å². The molecular weight excluding hydrogens is 332 g/mol. The smallest absolute Gasteiger partial charge is 0.291 e. The number of carbonyl (C=O) groups excluding carboxylic acids is 2. The third-order valence-electron chi connectivity index (χ3n) is 3.65. The van der Waals surface area contributed by atoms with Gasteiger partial charge in [-0.1, -0.05) is 18.2 Å². The largest absolute Gasteiger partial charge is 0.497 e. The van der Waals surface area contributed by atoms with Gasteiger partial charge in [-0.3, -0.25) is 9.59 Å². The molecular formula is C20H18N2O4. The third-order valence-corrected chi connectivity index (χ3v) is 3.65. The summed E-state index contributed by atoms with van der Waals surface area (Å²) in [6, 6.07) is 17.5.